The maximum absolute atomic E-state index is 5.66. The molecule has 2 heteroatoms. The summed E-state index contributed by atoms with van der Waals surface area (Å²) in [5, 5.41) is 0. The summed E-state index contributed by atoms with van der Waals surface area (Å²) in [6.45, 7) is 0. The van der Waals surface area contributed by atoms with E-state index in [0.29, 0.717) is 6.04 Å². The lowest BCUT2D eigenvalue weighted by atomic mass is 9.88. The van der Waals surface area contributed by atoms with Crippen molar-refractivity contribution in [2.24, 2.45) is 0 Å². The van der Waals surface area contributed by atoms with Crippen LogP contribution < -0.4 is 4.84 Å². The van der Waals surface area contributed by atoms with Crippen molar-refractivity contribution in [2.75, 3.05) is 0 Å². The molecule has 1 atom stereocenters. The van der Waals surface area contributed by atoms with E-state index in [9.17, 15) is 0 Å². The van der Waals surface area contributed by atoms with Gasteiger partial charge in [-0.15, -0.1) is 0 Å². The highest BCUT2D eigenvalue weighted by Crippen LogP contribution is 2.29. The fraction of sp³-hybridized carbons (Fsp3) is 0.400. The van der Waals surface area contributed by atoms with Gasteiger partial charge in [-0.3, -0.25) is 0 Å². The second-order valence-electron chi connectivity index (χ2n) is 3.25. The van der Waals surface area contributed by atoms with Crippen LogP contribution in [0.5, 0.6) is 0 Å². The lowest BCUT2D eigenvalue weighted by Crippen LogP contribution is -2.17. The van der Waals surface area contributed by atoms with Crippen LogP contribution in [0, 0.1) is 0 Å². The molecule has 0 saturated carbocycles. The Balaban J connectivity index is 2.37. The monoisotopic (exact) mass is 181 g/mol. The Labute approximate surface area is 77.9 Å². The number of nitrogens with one attached hydrogen (secondary N) is 1. The minimum absolute atomic E-state index is 0.358. The van der Waals surface area contributed by atoms with E-state index in [1.54, 1.807) is 0 Å². The maximum Gasteiger partial charge on any atom is 0.0473 e. The van der Waals surface area contributed by atoms with Gasteiger partial charge < -0.3 is 0 Å². The first-order chi connectivity index (χ1) is 5.92. The molecule has 1 nitrogen and oxygen atoms in total. The van der Waals surface area contributed by atoms with Crippen LogP contribution in [0.25, 0.3) is 0 Å². The van der Waals surface area contributed by atoms with Crippen molar-refractivity contribution in [1.29, 1.82) is 0 Å². The normalized spacial score (nSPS) is 21.9. The molecule has 0 aliphatic heterocycles. The number of fused-ring (bicyclic) bond motifs is 1. The average molecular weight is 182 g/mol. The number of benzene rings is 1. The van der Waals surface area contributed by atoms with Gasteiger partial charge in [-0.1, -0.05) is 24.3 Å². The predicted octanol–water partition coefficient (Wildman–Crippen LogP) is 2.81. The summed E-state index contributed by atoms with van der Waals surface area (Å²) in [5.74, 6) is 0. The fourth-order valence-corrected chi connectivity index (χ4v) is 2.09. The molecule has 0 radical (unpaired) electrons. The average Bonchev–Trinajstić information content (AvgIpc) is 2.17. The number of aryl methyl sites for hydroxylation is 1. The second kappa shape index (κ2) is 3.46. The molecule has 0 spiro atoms. The van der Waals surface area contributed by atoms with Crippen LogP contribution >= 0.6 is 11.8 Å². The van der Waals surface area contributed by atoms with E-state index >= 15 is 0 Å². The minimum Gasteiger partial charge on any atom is -0.226 e. The zero-order chi connectivity index (χ0) is 8.39. The molecule has 1 aliphatic rings. The summed E-state index contributed by atoms with van der Waals surface area (Å²) in [6, 6.07) is 8.88. The molecular formula is C10H12ClN. The molecule has 0 unspecified atom stereocenters. The Kier molecular flexibility index (Phi) is 2.33. The first-order valence-electron chi connectivity index (χ1n) is 4.36. The van der Waals surface area contributed by atoms with E-state index in [2.05, 4.69) is 29.1 Å². The van der Waals surface area contributed by atoms with E-state index in [0.717, 1.165) is 6.42 Å². The second-order valence-corrected chi connectivity index (χ2v) is 3.47. The topological polar surface area (TPSA) is 12.0 Å². The number of rotatable bonds is 1. The molecule has 0 bridgehead atoms. The summed E-state index contributed by atoms with van der Waals surface area (Å²) < 4.78 is 0. The Morgan fingerprint density at radius 2 is 2.17 bits per heavy atom. The largest absolute Gasteiger partial charge is 0.226 e. The maximum atomic E-state index is 5.66. The molecule has 12 heavy (non-hydrogen) atoms. The lowest BCUT2D eigenvalue weighted by Gasteiger charge is -2.23. The lowest BCUT2D eigenvalue weighted by molar-refractivity contribution is 0.539. The zero-order valence-corrected chi connectivity index (χ0v) is 7.64. The van der Waals surface area contributed by atoms with Gasteiger partial charge in [-0.25, -0.2) is 4.84 Å². The first kappa shape index (κ1) is 8.09. The van der Waals surface area contributed by atoms with Crippen LogP contribution in [0.15, 0.2) is 24.3 Å². The standard InChI is InChI=1S/C10H12ClN/c11-12-10-7-3-5-8-4-1-2-6-9(8)10/h1-2,4,6,10,12H,3,5,7H2/t10-/m1/s1. The number of halogens is 1. The minimum atomic E-state index is 0.358. The van der Waals surface area contributed by atoms with Gasteiger partial charge in [0.25, 0.3) is 0 Å². The van der Waals surface area contributed by atoms with Gasteiger partial charge in [-0.2, -0.15) is 0 Å². The molecule has 64 valence electrons. The van der Waals surface area contributed by atoms with Crippen molar-refractivity contribution in [3.8, 4) is 0 Å². The van der Waals surface area contributed by atoms with Crippen LogP contribution in [0.3, 0.4) is 0 Å². The van der Waals surface area contributed by atoms with Gasteiger partial charge in [0.15, 0.2) is 0 Å². The molecule has 0 saturated heterocycles. The van der Waals surface area contributed by atoms with E-state index < -0.39 is 0 Å². The number of hydrogen-bond donors (Lipinski definition) is 1. The highest BCUT2D eigenvalue weighted by molar-refractivity contribution is 6.13. The van der Waals surface area contributed by atoms with E-state index in [4.69, 9.17) is 11.8 Å². The fourth-order valence-electron chi connectivity index (χ4n) is 1.87. The molecule has 1 aromatic carbocycles. The van der Waals surface area contributed by atoms with Crippen LogP contribution in [0.4, 0.5) is 0 Å². The van der Waals surface area contributed by atoms with Gasteiger partial charge in [-0.05, 0) is 42.2 Å². The summed E-state index contributed by atoms with van der Waals surface area (Å²) in [6.07, 6.45) is 3.59. The Morgan fingerprint density at radius 3 is 3.00 bits per heavy atom. The molecular weight excluding hydrogens is 170 g/mol. The Morgan fingerprint density at radius 1 is 1.33 bits per heavy atom. The molecule has 1 N–H and O–H groups in total. The molecule has 0 fully saturated rings. The van der Waals surface area contributed by atoms with Crippen molar-refractivity contribution >= 4 is 11.8 Å². The Hall–Kier alpha value is -0.530. The van der Waals surface area contributed by atoms with Crippen LogP contribution in [0.2, 0.25) is 0 Å². The smallest absolute Gasteiger partial charge is 0.0473 e. The first-order valence-corrected chi connectivity index (χ1v) is 4.73. The summed E-state index contributed by atoms with van der Waals surface area (Å²) in [5.41, 5.74) is 2.82. The molecule has 0 amide bonds. The molecule has 0 heterocycles. The van der Waals surface area contributed by atoms with Gasteiger partial charge in [0.1, 0.15) is 0 Å². The summed E-state index contributed by atoms with van der Waals surface area (Å²) in [7, 11) is 0. The third kappa shape index (κ3) is 1.35. The third-order valence-corrected chi connectivity index (χ3v) is 2.76. The molecule has 0 aromatic heterocycles. The molecule has 1 aliphatic carbocycles. The summed E-state index contributed by atoms with van der Waals surface area (Å²) in [4.78, 5) is 2.83. The van der Waals surface area contributed by atoms with Crippen molar-refractivity contribution in [3.05, 3.63) is 35.4 Å². The molecule has 2 rings (SSSR count). The van der Waals surface area contributed by atoms with Crippen LogP contribution in [-0.2, 0) is 6.42 Å². The third-order valence-electron chi connectivity index (χ3n) is 2.50. The highest BCUT2D eigenvalue weighted by Gasteiger charge is 2.17. The van der Waals surface area contributed by atoms with Crippen molar-refractivity contribution < 1.29 is 0 Å². The van der Waals surface area contributed by atoms with Gasteiger partial charge in [0.2, 0.25) is 0 Å². The molecule has 1 aromatic rings. The van der Waals surface area contributed by atoms with Gasteiger partial charge in [0, 0.05) is 6.04 Å². The van der Waals surface area contributed by atoms with E-state index in [-0.39, 0.29) is 0 Å². The number of hydrogen-bond acceptors (Lipinski definition) is 1. The van der Waals surface area contributed by atoms with Crippen molar-refractivity contribution in [2.45, 2.75) is 25.3 Å². The van der Waals surface area contributed by atoms with Crippen LogP contribution in [-0.4, -0.2) is 0 Å². The highest BCUT2D eigenvalue weighted by atomic mass is 35.5. The van der Waals surface area contributed by atoms with E-state index in [1.165, 1.54) is 24.0 Å². The summed E-state index contributed by atoms with van der Waals surface area (Å²) >= 11 is 5.66. The van der Waals surface area contributed by atoms with Crippen molar-refractivity contribution in [1.82, 2.24) is 4.84 Å². The van der Waals surface area contributed by atoms with Gasteiger partial charge >= 0.3 is 0 Å². The van der Waals surface area contributed by atoms with Crippen LogP contribution in [0.1, 0.15) is 30.0 Å². The van der Waals surface area contributed by atoms with Crippen molar-refractivity contribution in [3.63, 3.8) is 0 Å². The SMILES string of the molecule is ClN[C@@H]1CCCc2ccccc21. The Bertz CT molecular complexity index is 272. The predicted molar refractivity (Wildman–Crippen MR) is 51.1 cm³/mol. The van der Waals surface area contributed by atoms with Gasteiger partial charge in [0.05, 0.1) is 0 Å². The quantitative estimate of drug-likeness (QED) is 0.657. The zero-order valence-electron chi connectivity index (χ0n) is 6.89. The van der Waals surface area contributed by atoms with E-state index in [1.807, 2.05) is 0 Å².